The van der Waals surface area contributed by atoms with Crippen molar-refractivity contribution >= 4 is 17.9 Å². The minimum absolute atomic E-state index is 0.0148. The number of nitrogens with zero attached hydrogens (tertiary/aromatic N) is 3. The molecule has 1 aromatic heterocycles. The van der Waals surface area contributed by atoms with E-state index in [-0.39, 0.29) is 30.9 Å². The fourth-order valence-corrected chi connectivity index (χ4v) is 2.46. The van der Waals surface area contributed by atoms with E-state index in [4.69, 9.17) is 35.2 Å². The van der Waals surface area contributed by atoms with Gasteiger partial charge in [-0.2, -0.15) is 19.9 Å². The smallest absolute Gasteiger partial charge is 0.373 e. The van der Waals surface area contributed by atoms with Crippen LogP contribution in [0.1, 0.15) is 65.6 Å². The van der Waals surface area contributed by atoms with Gasteiger partial charge in [0.05, 0.1) is 19.4 Å². The van der Waals surface area contributed by atoms with Crippen LogP contribution in [0.4, 0.5) is 5.82 Å². The van der Waals surface area contributed by atoms with Crippen molar-refractivity contribution in [1.29, 1.82) is 5.26 Å². The molecule has 202 valence electrons. The summed E-state index contributed by atoms with van der Waals surface area (Å²) in [6, 6.07) is 1.80. The molecule has 0 spiro atoms. The molecular weight excluding hydrogens is 456 g/mol. The van der Waals surface area contributed by atoms with E-state index in [1.807, 2.05) is 20.9 Å². The highest BCUT2D eigenvalue weighted by Gasteiger charge is 2.19. The standard InChI is InChI=1S/C10H15NO3.C9H17N3.C2H6O.CH6N2.CO2/c1-5-14-10(12)8(6-11)9(13-4)7(2)3;1-5-7-8(6(2)3)11-12(4)9(7)10;1-2-3;1-3-2;2-1-3/h7H,5H2,1-4H3;6H,5,10H2,1-4H3;2*3H,2H2,1H3;/b9-8-;;;;. The lowest BCUT2D eigenvalue weighted by molar-refractivity contribution is -0.191. The molecule has 0 amide bonds. The molecule has 0 saturated carbocycles. The van der Waals surface area contributed by atoms with Crippen molar-refractivity contribution in [3.63, 3.8) is 0 Å². The molecule has 1 heterocycles. The molecule has 12 heteroatoms. The van der Waals surface area contributed by atoms with Crippen LogP contribution in [0.15, 0.2) is 11.3 Å². The molecule has 0 unspecified atom stereocenters. The predicted octanol–water partition coefficient (Wildman–Crippen LogP) is 1.81. The van der Waals surface area contributed by atoms with Crippen molar-refractivity contribution in [3.8, 4) is 6.07 Å². The summed E-state index contributed by atoms with van der Waals surface area (Å²) in [6.07, 6.45) is 1.22. The number of nitrogens with one attached hydrogen (secondary N) is 1. The van der Waals surface area contributed by atoms with Gasteiger partial charge in [-0.3, -0.25) is 16.0 Å². The number of hydrogen-bond donors (Lipinski definition) is 4. The van der Waals surface area contributed by atoms with E-state index >= 15 is 0 Å². The summed E-state index contributed by atoms with van der Waals surface area (Å²) in [5.41, 5.74) is 10.4. The van der Waals surface area contributed by atoms with Crippen LogP contribution in [0.2, 0.25) is 0 Å². The number of aliphatic hydroxyl groups excluding tert-OH is 1. The van der Waals surface area contributed by atoms with Crippen LogP contribution >= 0.6 is 0 Å². The monoisotopic (exact) mass is 500 g/mol. The van der Waals surface area contributed by atoms with E-state index in [0.29, 0.717) is 11.7 Å². The third kappa shape index (κ3) is 17.9. The number of aromatic nitrogens is 2. The molecule has 1 rings (SSSR count). The zero-order valence-electron chi connectivity index (χ0n) is 22.8. The topological polar surface area (TPSA) is 196 Å². The third-order valence-electron chi connectivity index (χ3n) is 3.71. The van der Waals surface area contributed by atoms with E-state index < -0.39 is 5.97 Å². The summed E-state index contributed by atoms with van der Waals surface area (Å²) in [6.45, 7) is 13.9. The quantitative estimate of drug-likeness (QED) is 0.111. The number of anilines is 1. The van der Waals surface area contributed by atoms with Gasteiger partial charge in [-0.15, -0.1) is 0 Å². The van der Waals surface area contributed by atoms with E-state index in [0.717, 1.165) is 17.9 Å². The van der Waals surface area contributed by atoms with Crippen molar-refractivity contribution in [2.45, 2.75) is 60.8 Å². The zero-order valence-corrected chi connectivity index (χ0v) is 22.8. The molecule has 0 radical (unpaired) electrons. The summed E-state index contributed by atoms with van der Waals surface area (Å²) < 4.78 is 11.5. The predicted molar refractivity (Wildman–Crippen MR) is 133 cm³/mol. The van der Waals surface area contributed by atoms with Crippen LogP contribution in [-0.4, -0.2) is 54.4 Å². The number of carbonyl (C=O) groups is 1. The van der Waals surface area contributed by atoms with Crippen LogP contribution < -0.4 is 17.0 Å². The first-order chi connectivity index (χ1) is 16.4. The average molecular weight is 501 g/mol. The van der Waals surface area contributed by atoms with Gasteiger partial charge < -0.3 is 20.3 Å². The van der Waals surface area contributed by atoms with Gasteiger partial charge in [-0.25, -0.2) is 4.79 Å². The second-order valence-corrected chi connectivity index (χ2v) is 7.00. The molecule has 0 aromatic carbocycles. The highest BCUT2D eigenvalue weighted by molar-refractivity contribution is 5.93. The molecule has 35 heavy (non-hydrogen) atoms. The number of nitriles is 1. The van der Waals surface area contributed by atoms with Crippen LogP contribution in [-0.2, 0) is 37.3 Å². The highest BCUT2D eigenvalue weighted by atomic mass is 16.5. The maximum atomic E-state index is 11.3. The van der Waals surface area contributed by atoms with Crippen LogP contribution in [0.5, 0.6) is 0 Å². The molecule has 6 N–H and O–H groups in total. The van der Waals surface area contributed by atoms with Gasteiger partial charge in [0.1, 0.15) is 17.6 Å². The largest absolute Gasteiger partial charge is 0.499 e. The summed E-state index contributed by atoms with van der Waals surface area (Å²) in [5.74, 6) is 5.59. The Morgan fingerprint density at radius 2 is 1.66 bits per heavy atom. The highest BCUT2D eigenvalue weighted by Crippen LogP contribution is 2.23. The minimum Gasteiger partial charge on any atom is -0.499 e. The molecule has 0 aliphatic heterocycles. The number of carbonyl (C=O) groups excluding carboxylic acids is 3. The summed E-state index contributed by atoms with van der Waals surface area (Å²) in [4.78, 5) is 27.5. The first-order valence-electron chi connectivity index (χ1n) is 11.0. The van der Waals surface area contributed by atoms with Crippen molar-refractivity contribution in [2.24, 2.45) is 18.8 Å². The second-order valence-electron chi connectivity index (χ2n) is 7.00. The molecule has 1 aromatic rings. The molecule has 0 aliphatic rings. The van der Waals surface area contributed by atoms with Crippen LogP contribution in [0.3, 0.4) is 0 Å². The van der Waals surface area contributed by atoms with Gasteiger partial charge in [0.25, 0.3) is 0 Å². The number of esters is 1. The fourth-order valence-electron chi connectivity index (χ4n) is 2.46. The van der Waals surface area contributed by atoms with Crippen molar-refractivity contribution in [3.05, 3.63) is 22.6 Å². The summed E-state index contributed by atoms with van der Waals surface area (Å²) in [5, 5.41) is 20.7. The Balaban J connectivity index is -0.000000206. The number of allylic oxidation sites excluding steroid dienone is 1. The first-order valence-corrected chi connectivity index (χ1v) is 11.0. The summed E-state index contributed by atoms with van der Waals surface area (Å²) >= 11 is 0. The number of rotatable bonds is 6. The fraction of sp³-hybridized carbons (Fsp3) is 0.652. The number of nitrogen functional groups attached to an aromatic ring is 1. The number of aliphatic hydroxyl groups is 1. The van der Waals surface area contributed by atoms with Crippen molar-refractivity contribution in [2.75, 3.05) is 33.1 Å². The van der Waals surface area contributed by atoms with E-state index in [9.17, 15) is 4.79 Å². The van der Waals surface area contributed by atoms with Gasteiger partial charge in [-0.05, 0) is 33.2 Å². The minimum atomic E-state index is -0.624. The number of hydrazine groups is 1. The average Bonchev–Trinajstić information content (AvgIpc) is 3.08. The molecule has 0 aliphatic carbocycles. The van der Waals surface area contributed by atoms with Crippen LogP contribution in [0.25, 0.3) is 0 Å². The van der Waals surface area contributed by atoms with Gasteiger partial charge >= 0.3 is 12.1 Å². The van der Waals surface area contributed by atoms with Crippen LogP contribution in [0, 0.1) is 17.2 Å². The molecule has 0 saturated heterocycles. The molecule has 0 fully saturated rings. The number of methoxy groups -OCH3 is 1. The Kier molecular flexibility index (Phi) is 28.3. The number of ether oxygens (including phenoxy) is 2. The van der Waals surface area contributed by atoms with Gasteiger partial charge in [0.2, 0.25) is 0 Å². The number of aryl methyl sites for hydroxylation is 1. The lowest BCUT2D eigenvalue weighted by Gasteiger charge is -2.11. The van der Waals surface area contributed by atoms with Gasteiger partial charge in [-0.1, -0.05) is 34.6 Å². The Bertz CT molecular complexity index is 789. The molecule has 12 nitrogen and oxygen atoms in total. The maximum Gasteiger partial charge on any atom is 0.373 e. The van der Waals surface area contributed by atoms with Crippen molar-refractivity contribution < 1.29 is 29.0 Å². The Hall–Kier alpha value is -3.23. The number of nitrogens with two attached hydrogens (primary N) is 2. The van der Waals surface area contributed by atoms with Crippen molar-refractivity contribution in [1.82, 2.24) is 15.2 Å². The number of hydrogen-bond acceptors (Lipinski definition) is 11. The lowest BCUT2D eigenvalue weighted by atomic mass is 10.0. The molecule has 0 bridgehead atoms. The second kappa shape index (κ2) is 25.4. The normalized spacial score (nSPS) is 9.74. The molecule has 0 atom stereocenters. The van der Waals surface area contributed by atoms with Gasteiger partial charge in [0, 0.05) is 25.1 Å². The van der Waals surface area contributed by atoms with E-state index in [1.54, 1.807) is 31.6 Å². The Morgan fingerprint density at radius 1 is 1.23 bits per heavy atom. The zero-order chi connectivity index (χ0) is 28.6. The third-order valence-corrected chi connectivity index (χ3v) is 3.71. The van der Waals surface area contributed by atoms with E-state index in [2.05, 4.69) is 37.1 Å². The lowest BCUT2D eigenvalue weighted by Crippen LogP contribution is -2.13. The Labute approximate surface area is 209 Å². The summed E-state index contributed by atoms with van der Waals surface area (Å²) in [7, 11) is 4.98. The van der Waals surface area contributed by atoms with E-state index in [1.165, 1.54) is 12.7 Å². The first kappa shape index (κ1) is 39.0. The Morgan fingerprint density at radius 3 is 1.89 bits per heavy atom. The van der Waals surface area contributed by atoms with Gasteiger partial charge in [0.15, 0.2) is 5.57 Å². The SMILES string of the molecule is CCO.CCOC(=O)/C(C#N)=C(\OC)C(C)C.CCc1c(C(C)C)nn(C)c1N.CNN.O=C=O. The maximum absolute atomic E-state index is 11.3. The molecular formula is C23H44N6O6.